The maximum absolute atomic E-state index is 13.2. The Kier molecular flexibility index (Phi) is 7.40. The molecule has 0 aliphatic heterocycles. The lowest BCUT2D eigenvalue weighted by Crippen LogP contribution is -2.46. The second-order valence-corrected chi connectivity index (χ2v) is 11.0. The quantitative estimate of drug-likeness (QED) is 0.296. The number of nitrogens with one attached hydrogen (secondary N) is 1. The van der Waals surface area contributed by atoms with Crippen LogP contribution in [-0.2, 0) is 20.7 Å². The SMILES string of the molecule is CC(C)(C)OC(=O)N[C@@H](Cc1ccc(OCOn2nnc3ccccc32)cc1)C(=O)OC(C1CC1)C1CC1. The number of esters is 1. The van der Waals surface area contributed by atoms with Gasteiger partial charge in [0.25, 0.3) is 6.79 Å². The molecule has 1 atom stereocenters. The van der Waals surface area contributed by atoms with E-state index in [1.165, 1.54) is 4.85 Å². The fourth-order valence-electron chi connectivity index (χ4n) is 4.33. The zero-order chi connectivity index (χ0) is 26.7. The Morgan fingerprint density at radius 2 is 1.71 bits per heavy atom. The van der Waals surface area contributed by atoms with Crippen molar-refractivity contribution in [3.8, 4) is 5.75 Å². The van der Waals surface area contributed by atoms with Gasteiger partial charge in [-0.15, -0.1) is 5.10 Å². The maximum atomic E-state index is 13.2. The second kappa shape index (κ2) is 10.9. The molecule has 2 aliphatic carbocycles. The van der Waals surface area contributed by atoms with Crippen LogP contribution in [0.25, 0.3) is 11.0 Å². The minimum Gasteiger partial charge on any atom is -0.460 e. The summed E-state index contributed by atoms with van der Waals surface area (Å²) in [4.78, 5) is 32.6. The number of hydrogen-bond donors (Lipinski definition) is 1. The number of carbonyl (C=O) groups excluding carboxylic acids is 2. The van der Waals surface area contributed by atoms with E-state index in [4.69, 9.17) is 19.0 Å². The fraction of sp³-hybridized carbons (Fsp3) is 0.500. The number of ether oxygens (including phenoxy) is 3. The lowest BCUT2D eigenvalue weighted by atomic mass is 10.1. The molecule has 1 aromatic heterocycles. The molecule has 0 unspecified atom stereocenters. The lowest BCUT2D eigenvalue weighted by Gasteiger charge is -2.25. The van der Waals surface area contributed by atoms with Gasteiger partial charge in [0.2, 0.25) is 0 Å². The highest BCUT2D eigenvalue weighted by Gasteiger charge is 2.45. The smallest absolute Gasteiger partial charge is 0.408 e. The van der Waals surface area contributed by atoms with Crippen LogP contribution in [0.3, 0.4) is 0 Å². The Morgan fingerprint density at radius 1 is 1.03 bits per heavy atom. The van der Waals surface area contributed by atoms with E-state index in [1.54, 1.807) is 32.9 Å². The van der Waals surface area contributed by atoms with Crippen molar-refractivity contribution >= 4 is 23.1 Å². The van der Waals surface area contributed by atoms with Crippen LogP contribution >= 0.6 is 0 Å². The Morgan fingerprint density at radius 3 is 2.37 bits per heavy atom. The minimum absolute atomic E-state index is 0.0525. The number of para-hydroxylation sites is 1. The molecule has 38 heavy (non-hydrogen) atoms. The summed E-state index contributed by atoms with van der Waals surface area (Å²) in [7, 11) is 0. The van der Waals surface area contributed by atoms with Crippen molar-refractivity contribution in [1.29, 1.82) is 0 Å². The van der Waals surface area contributed by atoms with Crippen molar-refractivity contribution in [2.24, 2.45) is 11.8 Å². The number of fused-ring (bicyclic) bond motifs is 1. The van der Waals surface area contributed by atoms with E-state index in [1.807, 2.05) is 36.4 Å². The van der Waals surface area contributed by atoms with Crippen molar-refractivity contribution in [2.45, 2.75) is 70.6 Å². The number of aromatic nitrogens is 3. The van der Waals surface area contributed by atoms with E-state index in [0.29, 0.717) is 17.6 Å². The van der Waals surface area contributed by atoms with Gasteiger partial charge in [0.15, 0.2) is 0 Å². The summed E-state index contributed by atoms with van der Waals surface area (Å²) >= 11 is 0. The molecular formula is C28H34N4O6. The maximum Gasteiger partial charge on any atom is 0.408 e. The Labute approximate surface area is 221 Å². The lowest BCUT2D eigenvalue weighted by molar-refractivity contribution is -0.154. The number of rotatable bonds is 11. The highest BCUT2D eigenvalue weighted by Crippen LogP contribution is 2.46. The molecule has 2 saturated carbocycles. The Bertz CT molecular complexity index is 1250. The molecule has 0 bridgehead atoms. The molecule has 1 heterocycles. The molecule has 0 radical (unpaired) electrons. The van der Waals surface area contributed by atoms with E-state index in [-0.39, 0.29) is 19.3 Å². The molecule has 10 nitrogen and oxygen atoms in total. The monoisotopic (exact) mass is 522 g/mol. The normalized spacial score (nSPS) is 16.2. The minimum atomic E-state index is -0.861. The van der Waals surface area contributed by atoms with Gasteiger partial charge in [-0.2, -0.15) is 0 Å². The number of carbonyl (C=O) groups is 2. The van der Waals surface area contributed by atoms with E-state index in [9.17, 15) is 9.59 Å². The number of alkyl carbamates (subject to hydrolysis) is 1. The fourth-order valence-corrected chi connectivity index (χ4v) is 4.33. The summed E-state index contributed by atoms with van der Waals surface area (Å²) in [5, 5.41) is 10.7. The van der Waals surface area contributed by atoms with Crippen molar-refractivity contribution in [3.05, 3.63) is 54.1 Å². The van der Waals surface area contributed by atoms with Crippen molar-refractivity contribution in [3.63, 3.8) is 0 Å². The van der Waals surface area contributed by atoms with Gasteiger partial charge in [-0.25, -0.2) is 9.59 Å². The van der Waals surface area contributed by atoms with E-state index < -0.39 is 23.7 Å². The summed E-state index contributed by atoms with van der Waals surface area (Å²) in [6.45, 7) is 5.28. The van der Waals surface area contributed by atoms with Crippen LogP contribution < -0.4 is 14.9 Å². The average molecular weight is 523 g/mol. The van der Waals surface area contributed by atoms with Crippen LogP contribution in [0.2, 0.25) is 0 Å². The van der Waals surface area contributed by atoms with Gasteiger partial charge in [0, 0.05) is 6.42 Å². The molecule has 0 spiro atoms. The van der Waals surface area contributed by atoms with Gasteiger partial charge < -0.3 is 24.4 Å². The molecule has 1 amide bonds. The van der Waals surface area contributed by atoms with Crippen molar-refractivity contribution in [1.82, 2.24) is 20.5 Å². The van der Waals surface area contributed by atoms with Crippen molar-refractivity contribution < 1.29 is 28.6 Å². The third-order valence-corrected chi connectivity index (χ3v) is 6.49. The van der Waals surface area contributed by atoms with Gasteiger partial charge in [0.05, 0.1) is 0 Å². The number of hydrogen-bond acceptors (Lipinski definition) is 8. The summed E-state index contributed by atoms with van der Waals surface area (Å²) in [5.74, 6) is 1.05. The Balaban J connectivity index is 1.19. The van der Waals surface area contributed by atoms with Crippen LogP contribution in [0.1, 0.15) is 52.0 Å². The summed E-state index contributed by atoms with van der Waals surface area (Å²) in [6.07, 6.45) is 3.94. The Hall–Kier alpha value is -3.82. The summed E-state index contributed by atoms with van der Waals surface area (Å²) in [5.41, 5.74) is 1.63. The number of benzene rings is 2. The van der Waals surface area contributed by atoms with Crippen molar-refractivity contribution in [2.75, 3.05) is 6.79 Å². The van der Waals surface area contributed by atoms with Gasteiger partial charge >= 0.3 is 12.1 Å². The molecule has 2 aromatic carbocycles. The van der Waals surface area contributed by atoms with Crippen LogP contribution in [-0.4, -0.2) is 51.8 Å². The molecule has 2 aliphatic rings. The zero-order valence-corrected chi connectivity index (χ0v) is 22.0. The number of nitrogens with zero attached hydrogens (tertiary/aromatic N) is 3. The van der Waals surface area contributed by atoms with Crippen LogP contribution in [0.4, 0.5) is 4.79 Å². The van der Waals surface area contributed by atoms with E-state index in [2.05, 4.69) is 15.6 Å². The van der Waals surface area contributed by atoms with E-state index in [0.717, 1.165) is 42.3 Å². The standard InChI is InChI=1S/C28H34N4O6/c1-28(2,3)38-27(34)29-23(26(33)37-25(19-10-11-19)20-12-13-20)16-18-8-14-21(15-9-18)35-17-36-32-24-7-5-4-6-22(24)30-31-32/h4-9,14-15,19-20,23,25H,10-13,16-17H2,1-3H3,(H,29,34)/t23-/m0/s1. The van der Waals surface area contributed by atoms with E-state index >= 15 is 0 Å². The first-order chi connectivity index (χ1) is 18.2. The van der Waals surface area contributed by atoms with Crippen LogP contribution in [0, 0.1) is 11.8 Å². The highest BCUT2D eigenvalue weighted by molar-refractivity contribution is 5.82. The van der Waals surface area contributed by atoms with Gasteiger partial charge in [0.1, 0.15) is 34.5 Å². The molecule has 1 N–H and O–H groups in total. The summed E-state index contributed by atoms with van der Waals surface area (Å²) in [6, 6.07) is 13.9. The molecule has 0 saturated heterocycles. The van der Waals surface area contributed by atoms with Gasteiger partial charge in [-0.3, -0.25) is 0 Å². The van der Waals surface area contributed by atoms with Gasteiger partial charge in [-0.1, -0.05) is 29.1 Å². The first kappa shape index (κ1) is 25.8. The largest absolute Gasteiger partial charge is 0.460 e. The predicted octanol–water partition coefficient (Wildman–Crippen LogP) is 4.06. The zero-order valence-electron chi connectivity index (χ0n) is 22.0. The molecule has 10 heteroatoms. The molecule has 3 aromatic rings. The first-order valence-corrected chi connectivity index (χ1v) is 13.1. The molecular weight excluding hydrogens is 488 g/mol. The average Bonchev–Trinajstić information content (AvgIpc) is 3.80. The molecule has 5 rings (SSSR count). The third kappa shape index (κ3) is 6.93. The highest BCUT2D eigenvalue weighted by atomic mass is 16.8. The molecule has 202 valence electrons. The molecule has 2 fully saturated rings. The summed E-state index contributed by atoms with van der Waals surface area (Å²) < 4.78 is 17.0. The van der Waals surface area contributed by atoms with Crippen LogP contribution in [0.5, 0.6) is 5.75 Å². The number of amides is 1. The third-order valence-electron chi connectivity index (χ3n) is 6.49. The second-order valence-electron chi connectivity index (χ2n) is 11.0. The topological polar surface area (TPSA) is 114 Å². The first-order valence-electron chi connectivity index (χ1n) is 13.1. The van der Waals surface area contributed by atoms with Gasteiger partial charge in [-0.05, 0) is 93.3 Å². The predicted molar refractivity (Wildman–Crippen MR) is 138 cm³/mol. The van der Waals surface area contributed by atoms with Crippen LogP contribution in [0.15, 0.2) is 48.5 Å².